The number of rotatable bonds is 2. The van der Waals surface area contributed by atoms with Crippen LogP contribution in [0, 0.1) is 10.1 Å². The highest BCUT2D eigenvalue weighted by Crippen LogP contribution is 2.18. The SMILES string of the molecule is CC(C)(C)OC(=O)c1n[nH]cc1[N+](=O)[O-]. The maximum atomic E-state index is 11.4. The molecule has 15 heavy (non-hydrogen) atoms. The molecule has 0 bridgehead atoms. The minimum absolute atomic E-state index is 0.310. The Morgan fingerprint density at radius 2 is 2.20 bits per heavy atom. The first-order valence-electron chi connectivity index (χ1n) is 4.23. The summed E-state index contributed by atoms with van der Waals surface area (Å²) in [6, 6.07) is 0. The van der Waals surface area contributed by atoms with E-state index in [0.717, 1.165) is 6.20 Å². The number of nitrogens with zero attached hydrogens (tertiary/aromatic N) is 2. The average molecular weight is 213 g/mol. The summed E-state index contributed by atoms with van der Waals surface area (Å²) in [5, 5.41) is 16.2. The van der Waals surface area contributed by atoms with Crippen LogP contribution in [-0.2, 0) is 4.74 Å². The van der Waals surface area contributed by atoms with E-state index in [9.17, 15) is 14.9 Å². The van der Waals surface area contributed by atoms with Crippen LogP contribution in [0.4, 0.5) is 5.69 Å². The highest BCUT2D eigenvalue weighted by atomic mass is 16.6. The van der Waals surface area contributed by atoms with Crippen molar-refractivity contribution in [2.24, 2.45) is 0 Å². The zero-order chi connectivity index (χ0) is 11.6. The van der Waals surface area contributed by atoms with Gasteiger partial charge in [-0.05, 0) is 20.8 Å². The lowest BCUT2D eigenvalue weighted by Gasteiger charge is -2.18. The lowest BCUT2D eigenvalue weighted by molar-refractivity contribution is -0.385. The minimum atomic E-state index is -0.810. The first kappa shape index (κ1) is 11.2. The minimum Gasteiger partial charge on any atom is -0.455 e. The van der Waals surface area contributed by atoms with Crippen LogP contribution in [0.3, 0.4) is 0 Å². The third-order valence-electron chi connectivity index (χ3n) is 1.41. The van der Waals surface area contributed by atoms with Crippen molar-refractivity contribution in [3.8, 4) is 0 Å². The predicted octanol–water partition coefficient (Wildman–Crippen LogP) is 1.27. The van der Waals surface area contributed by atoms with Crippen molar-refractivity contribution in [3.05, 3.63) is 22.0 Å². The highest BCUT2D eigenvalue weighted by molar-refractivity contribution is 5.91. The molecule has 1 aromatic rings. The monoisotopic (exact) mass is 213 g/mol. The van der Waals surface area contributed by atoms with Gasteiger partial charge in [-0.15, -0.1) is 0 Å². The molecular formula is C8H11N3O4. The number of carbonyl (C=O) groups is 1. The van der Waals surface area contributed by atoms with Gasteiger partial charge < -0.3 is 4.74 Å². The van der Waals surface area contributed by atoms with Crippen LogP contribution in [0.2, 0.25) is 0 Å². The topological polar surface area (TPSA) is 98.1 Å². The molecular weight excluding hydrogens is 202 g/mol. The number of hydrogen-bond acceptors (Lipinski definition) is 5. The molecule has 1 heterocycles. The third-order valence-corrected chi connectivity index (χ3v) is 1.41. The molecule has 0 fully saturated rings. The summed E-state index contributed by atoms with van der Waals surface area (Å²) in [6.45, 7) is 5.01. The number of H-pyrrole nitrogens is 1. The Morgan fingerprint density at radius 3 is 2.67 bits per heavy atom. The quantitative estimate of drug-likeness (QED) is 0.453. The van der Waals surface area contributed by atoms with E-state index >= 15 is 0 Å². The molecule has 7 heteroatoms. The fourth-order valence-corrected chi connectivity index (χ4v) is 0.899. The molecule has 1 N–H and O–H groups in total. The largest absolute Gasteiger partial charge is 0.455 e. The zero-order valence-electron chi connectivity index (χ0n) is 8.60. The summed E-state index contributed by atoms with van der Waals surface area (Å²) in [7, 11) is 0. The van der Waals surface area contributed by atoms with Gasteiger partial charge >= 0.3 is 11.7 Å². The van der Waals surface area contributed by atoms with Gasteiger partial charge in [0.1, 0.15) is 11.8 Å². The molecule has 1 rings (SSSR count). The fourth-order valence-electron chi connectivity index (χ4n) is 0.899. The first-order valence-corrected chi connectivity index (χ1v) is 4.23. The standard InChI is InChI=1S/C8H11N3O4/c1-8(2,3)15-7(12)6-5(11(13)14)4-9-10-6/h4H,1-3H3,(H,9,10). The van der Waals surface area contributed by atoms with E-state index in [2.05, 4.69) is 10.2 Å². The summed E-state index contributed by atoms with van der Waals surface area (Å²) >= 11 is 0. The van der Waals surface area contributed by atoms with Gasteiger partial charge in [0.15, 0.2) is 0 Å². The number of aromatic amines is 1. The molecule has 0 aliphatic rings. The second-order valence-electron chi connectivity index (χ2n) is 3.88. The molecule has 7 nitrogen and oxygen atoms in total. The molecule has 0 aliphatic carbocycles. The molecule has 0 aliphatic heterocycles. The second kappa shape index (κ2) is 3.68. The molecule has 0 spiro atoms. The molecule has 0 saturated carbocycles. The molecule has 0 unspecified atom stereocenters. The second-order valence-corrected chi connectivity index (χ2v) is 3.88. The Bertz CT molecular complexity index is 391. The first-order chi connectivity index (χ1) is 6.81. The molecule has 0 atom stereocenters. The summed E-state index contributed by atoms with van der Waals surface area (Å²) in [6.07, 6.45) is 1.04. The molecule has 0 aromatic carbocycles. The van der Waals surface area contributed by atoms with E-state index in [1.807, 2.05) is 0 Å². The van der Waals surface area contributed by atoms with Gasteiger partial charge in [-0.1, -0.05) is 0 Å². The number of nitro groups is 1. The van der Waals surface area contributed by atoms with Crippen molar-refractivity contribution in [2.45, 2.75) is 26.4 Å². The van der Waals surface area contributed by atoms with E-state index in [-0.39, 0.29) is 11.4 Å². The molecule has 1 aromatic heterocycles. The van der Waals surface area contributed by atoms with Crippen molar-refractivity contribution < 1.29 is 14.5 Å². The van der Waals surface area contributed by atoms with Crippen molar-refractivity contribution in [1.29, 1.82) is 0 Å². The van der Waals surface area contributed by atoms with Crippen LogP contribution in [0.1, 0.15) is 31.3 Å². The number of esters is 1. The highest BCUT2D eigenvalue weighted by Gasteiger charge is 2.28. The maximum absolute atomic E-state index is 11.4. The summed E-state index contributed by atoms with van der Waals surface area (Å²) in [5.74, 6) is -0.810. The fraction of sp³-hybridized carbons (Fsp3) is 0.500. The third kappa shape index (κ3) is 2.76. The van der Waals surface area contributed by atoms with Gasteiger partial charge in [0.05, 0.1) is 4.92 Å². The van der Waals surface area contributed by atoms with E-state index in [1.165, 1.54) is 0 Å². The smallest absolute Gasteiger partial charge is 0.366 e. The lowest BCUT2D eigenvalue weighted by atomic mass is 10.2. The van der Waals surface area contributed by atoms with E-state index in [0.29, 0.717) is 0 Å². The van der Waals surface area contributed by atoms with Gasteiger partial charge in [0.2, 0.25) is 5.69 Å². The maximum Gasteiger partial charge on any atom is 0.366 e. The lowest BCUT2D eigenvalue weighted by Crippen LogP contribution is -2.24. The van der Waals surface area contributed by atoms with Gasteiger partial charge in [-0.3, -0.25) is 15.2 Å². The number of nitrogens with one attached hydrogen (secondary N) is 1. The van der Waals surface area contributed by atoms with Crippen molar-refractivity contribution in [3.63, 3.8) is 0 Å². The number of ether oxygens (including phenoxy) is 1. The van der Waals surface area contributed by atoms with Crippen LogP contribution >= 0.6 is 0 Å². The molecule has 0 saturated heterocycles. The van der Waals surface area contributed by atoms with E-state index in [4.69, 9.17) is 4.74 Å². The number of hydrogen-bond donors (Lipinski definition) is 1. The predicted molar refractivity (Wildman–Crippen MR) is 50.4 cm³/mol. The number of carbonyl (C=O) groups excluding carboxylic acids is 1. The Morgan fingerprint density at radius 1 is 1.60 bits per heavy atom. The van der Waals surface area contributed by atoms with Crippen LogP contribution in [-0.4, -0.2) is 26.7 Å². The van der Waals surface area contributed by atoms with Crippen LogP contribution in [0.15, 0.2) is 6.20 Å². The van der Waals surface area contributed by atoms with Crippen LogP contribution < -0.4 is 0 Å². The van der Waals surface area contributed by atoms with Gasteiger partial charge in [-0.2, -0.15) is 5.10 Å². The Kier molecular flexibility index (Phi) is 2.74. The molecule has 0 radical (unpaired) electrons. The zero-order valence-corrected chi connectivity index (χ0v) is 8.60. The normalized spacial score (nSPS) is 11.1. The van der Waals surface area contributed by atoms with Gasteiger partial charge in [0, 0.05) is 0 Å². The Balaban J connectivity index is 2.92. The number of aromatic nitrogens is 2. The molecule has 0 amide bonds. The molecule has 82 valence electrons. The van der Waals surface area contributed by atoms with Crippen molar-refractivity contribution >= 4 is 11.7 Å². The van der Waals surface area contributed by atoms with Gasteiger partial charge in [0.25, 0.3) is 0 Å². The van der Waals surface area contributed by atoms with Crippen LogP contribution in [0.25, 0.3) is 0 Å². The van der Waals surface area contributed by atoms with Gasteiger partial charge in [-0.25, -0.2) is 4.79 Å². The summed E-state index contributed by atoms with van der Waals surface area (Å²) in [4.78, 5) is 21.2. The van der Waals surface area contributed by atoms with E-state index < -0.39 is 16.5 Å². The Hall–Kier alpha value is -1.92. The van der Waals surface area contributed by atoms with Crippen molar-refractivity contribution in [1.82, 2.24) is 10.2 Å². The summed E-state index contributed by atoms with van der Waals surface area (Å²) in [5.41, 5.74) is -1.40. The van der Waals surface area contributed by atoms with Crippen LogP contribution in [0.5, 0.6) is 0 Å². The average Bonchev–Trinajstić information content (AvgIpc) is 2.47. The summed E-state index contributed by atoms with van der Waals surface area (Å²) < 4.78 is 4.95. The Labute approximate surface area is 85.6 Å². The van der Waals surface area contributed by atoms with E-state index in [1.54, 1.807) is 20.8 Å². The van der Waals surface area contributed by atoms with Crippen molar-refractivity contribution in [2.75, 3.05) is 0 Å².